The lowest BCUT2D eigenvalue weighted by Crippen LogP contribution is -2.51. The van der Waals surface area contributed by atoms with Crippen molar-refractivity contribution in [1.29, 1.82) is 0 Å². The second-order valence-electron chi connectivity index (χ2n) is 9.40. The first-order valence-corrected chi connectivity index (χ1v) is 12.7. The molecule has 0 aliphatic carbocycles. The number of carbonyl (C=O) groups is 3. The van der Waals surface area contributed by atoms with Gasteiger partial charge in [-0.1, -0.05) is 48.5 Å². The van der Waals surface area contributed by atoms with Crippen molar-refractivity contribution in [2.45, 2.75) is 38.8 Å². The van der Waals surface area contributed by atoms with E-state index < -0.39 is 11.6 Å². The molecule has 1 atom stereocenters. The van der Waals surface area contributed by atoms with Crippen LogP contribution in [-0.2, 0) is 16.0 Å². The Morgan fingerprint density at radius 2 is 1.67 bits per heavy atom. The maximum atomic E-state index is 13.5. The highest BCUT2D eigenvalue weighted by Gasteiger charge is 2.33. The van der Waals surface area contributed by atoms with Gasteiger partial charge in [-0.15, -0.1) is 11.3 Å². The Balaban J connectivity index is 1.88. The third kappa shape index (κ3) is 7.68. The van der Waals surface area contributed by atoms with Gasteiger partial charge in [0.2, 0.25) is 11.8 Å². The zero-order valence-corrected chi connectivity index (χ0v) is 21.9. The van der Waals surface area contributed by atoms with Crippen LogP contribution in [0, 0.1) is 0 Å². The van der Waals surface area contributed by atoms with Gasteiger partial charge >= 0.3 is 0 Å². The predicted octanol–water partition coefficient (Wildman–Crippen LogP) is 4.21. The largest absolute Gasteiger partial charge is 0.497 e. The van der Waals surface area contributed by atoms with Gasteiger partial charge in [-0.25, -0.2) is 0 Å². The van der Waals surface area contributed by atoms with E-state index in [4.69, 9.17) is 4.74 Å². The number of amides is 3. The Labute approximate surface area is 216 Å². The first-order chi connectivity index (χ1) is 17.2. The highest BCUT2D eigenvalue weighted by atomic mass is 32.1. The lowest BCUT2D eigenvalue weighted by Gasteiger charge is -2.34. The van der Waals surface area contributed by atoms with Crippen LogP contribution in [0.15, 0.2) is 72.1 Å². The monoisotopic (exact) mass is 507 g/mol. The molecular formula is C28H33N3O4S. The van der Waals surface area contributed by atoms with Crippen LogP contribution in [0.25, 0.3) is 0 Å². The minimum atomic E-state index is -0.852. The summed E-state index contributed by atoms with van der Waals surface area (Å²) in [5, 5.41) is 7.53. The number of ether oxygens (including phenoxy) is 1. The maximum absolute atomic E-state index is 13.5. The van der Waals surface area contributed by atoms with E-state index in [-0.39, 0.29) is 30.8 Å². The van der Waals surface area contributed by atoms with Crippen molar-refractivity contribution in [3.63, 3.8) is 0 Å². The number of rotatable bonds is 10. The molecule has 0 saturated heterocycles. The second-order valence-corrected chi connectivity index (χ2v) is 10.3. The van der Waals surface area contributed by atoms with Crippen molar-refractivity contribution in [3.8, 4) is 5.75 Å². The van der Waals surface area contributed by atoms with E-state index in [1.165, 1.54) is 11.3 Å². The van der Waals surface area contributed by atoms with Gasteiger partial charge in [0, 0.05) is 12.1 Å². The summed E-state index contributed by atoms with van der Waals surface area (Å²) in [4.78, 5) is 41.6. The molecule has 2 N–H and O–H groups in total. The van der Waals surface area contributed by atoms with Gasteiger partial charge in [-0.3, -0.25) is 14.4 Å². The van der Waals surface area contributed by atoms with Gasteiger partial charge in [0.25, 0.3) is 5.91 Å². The molecule has 0 bridgehead atoms. The Bertz CT molecular complexity index is 1140. The molecule has 7 nitrogen and oxygen atoms in total. The van der Waals surface area contributed by atoms with Crippen molar-refractivity contribution < 1.29 is 19.1 Å². The van der Waals surface area contributed by atoms with Gasteiger partial charge in [-0.05, 0) is 61.9 Å². The second kappa shape index (κ2) is 12.4. The van der Waals surface area contributed by atoms with Crippen LogP contribution in [0.1, 0.15) is 47.6 Å². The Hall–Kier alpha value is -3.65. The molecule has 1 unspecified atom stereocenters. The van der Waals surface area contributed by atoms with E-state index in [1.54, 1.807) is 29.5 Å². The van der Waals surface area contributed by atoms with Gasteiger partial charge in [0.05, 0.1) is 18.5 Å². The third-order valence-electron chi connectivity index (χ3n) is 5.44. The van der Waals surface area contributed by atoms with Crippen LogP contribution in [0.4, 0.5) is 0 Å². The minimum Gasteiger partial charge on any atom is -0.497 e. The Morgan fingerprint density at radius 3 is 2.25 bits per heavy atom. The number of nitrogens with zero attached hydrogens (tertiary/aromatic N) is 1. The molecular weight excluding hydrogens is 474 g/mol. The normalized spacial score (nSPS) is 11.9. The van der Waals surface area contributed by atoms with E-state index in [0.29, 0.717) is 16.9 Å². The zero-order valence-electron chi connectivity index (χ0n) is 21.1. The van der Waals surface area contributed by atoms with Crippen molar-refractivity contribution >= 4 is 29.1 Å². The summed E-state index contributed by atoms with van der Waals surface area (Å²) in [5.41, 5.74) is 1.22. The maximum Gasteiger partial charge on any atom is 0.261 e. The summed E-state index contributed by atoms with van der Waals surface area (Å²) in [6, 6.07) is 19.5. The van der Waals surface area contributed by atoms with Gasteiger partial charge in [0.15, 0.2) is 0 Å². The summed E-state index contributed by atoms with van der Waals surface area (Å²) in [6.45, 7) is 5.77. The standard InChI is InChI=1S/C28H33N3O4S/c1-28(2,3)30-27(34)25(21-9-6-5-7-10-21)31(17-16-20-12-14-22(35-4)15-13-20)24(32)19-29-26(33)23-11-8-18-36-23/h5-15,18,25H,16-17,19H2,1-4H3,(H,29,33)(H,30,34). The molecule has 3 rings (SSSR count). The molecule has 1 heterocycles. The first kappa shape index (κ1) is 26.9. The molecule has 3 aromatic rings. The summed E-state index contributed by atoms with van der Waals surface area (Å²) in [6.07, 6.45) is 0.529. The molecule has 8 heteroatoms. The van der Waals surface area contributed by atoms with Crippen LogP contribution in [0.5, 0.6) is 5.75 Å². The van der Waals surface area contributed by atoms with Gasteiger partial charge in [0.1, 0.15) is 11.8 Å². The van der Waals surface area contributed by atoms with Crippen molar-refractivity contribution in [2.24, 2.45) is 0 Å². The van der Waals surface area contributed by atoms with Crippen LogP contribution in [-0.4, -0.2) is 48.4 Å². The number of hydrogen-bond acceptors (Lipinski definition) is 5. The van der Waals surface area contributed by atoms with Crippen LogP contribution in [0.3, 0.4) is 0 Å². The fourth-order valence-corrected chi connectivity index (χ4v) is 4.38. The summed E-state index contributed by atoms with van der Waals surface area (Å²) in [7, 11) is 1.61. The van der Waals surface area contributed by atoms with Gasteiger partial charge in [-0.2, -0.15) is 0 Å². The van der Waals surface area contributed by atoms with Crippen LogP contribution in [0.2, 0.25) is 0 Å². The van der Waals surface area contributed by atoms with Crippen molar-refractivity contribution in [1.82, 2.24) is 15.5 Å². The number of carbonyl (C=O) groups excluding carboxylic acids is 3. The molecule has 0 fully saturated rings. The Kier molecular flexibility index (Phi) is 9.25. The van der Waals surface area contributed by atoms with Crippen molar-refractivity contribution in [3.05, 3.63) is 88.1 Å². The summed E-state index contributed by atoms with van der Waals surface area (Å²) < 4.78 is 5.24. The molecule has 3 amide bonds. The van der Waals surface area contributed by atoms with E-state index in [1.807, 2.05) is 75.4 Å². The third-order valence-corrected chi connectivity index (χ3v) is 6.31. The quantitative estimate of drug-likeness (QED) is 0.430. The summed E-state index contributed by atoms with van der Waals surface area (Å²) in [5.74, 6) is -0.189. The van der Waals surface area contributed by atoms with Gasteiger partial charge < -0.3 is 20.3 Å². The van der Waals surface area contributed by atoms with Crippen molar-refractivity contribution in [2.75, 3.05) is 20.2 Å². The molecule has 36 heavy (non-hydrogen) atoms. The number of thiophene rings is 1. The highest BCUT2D eigenvalue weighted by molar-refractivity contribution is 7.12. The molecule has 0 spiro atoms. The summed E-state index contributed by atoms with van der Waals surface area (Å²) >= 11 is 1.30. The molecule has 0 aliphatic heterocycles. The number of methoxy groups -OCH3 is 1. The number of nitrogens with one attached hydrogen (secondary N) is 2. The molecule has 0 saturated carbocycles. The number of hydrogen-bond donors (Lipinski definition) is 2. The number of benzene rings is 2. The lowest BCUT2D eigenvalue weighted by atomic mass is 10.0. The van der Waals surface area contributed by atoms with E-state index in [2.05, 4.69) is 10.6 Å². The van der Waals surface area contributed by atoms with E-state index in [0.717, 1.165) is 11.3 Å². The predicted molar refractivity (Wildman–Crippen MR) is 142 cm³/mol. The zero-order chi connectivity index (χ0) is 26.1. The highest BCUT2D eigenvalue weighted by Crippen LogP contribution is 2.24. The minimum absolute atomic E-state index is 0.217. The van der Waals surface area contributed by atoms with Crippen LogP contribution < -0.4 is 15.4 Å². The first-order valence-electron chi connectivity index (χ1n) is 11.8. The molecule has 0 aliphatic rings. The molecule has 1 aromatic heterocycles. The fourth-order valence-electron chi connectivity index (χ4n) is 3.74. The van der Waals surface area contributed by atoms with E-state index >= 15 is 0 Å². The molecule has 0 radical (unpaired) electrons. The van der Waals surface area contributed by atoms with Crippen LogP contribution >= 0.6 is 11.3 Å². The Morgan fingerprint density at radius 1 is 0.972 bits per heavy atom. The topological polar surface area (TPSA) is 87.7 Å². The smallest absolute Gasteiger partial charge is 0.261 e. The average molecular weight is 508 g/mol. The molecule has 2 aromatic carbocycles. The lowest BCUT2D eigenvalue weighted by molar-refractivity contribution is -0.140. The average Bonchev–Trinajstić information content (AvgIpc) is 3.40. The van der Waals surface area contributed by atoms with E-state index in [9.17, 15) is 14.4 Å². The SMILES string of the molecule is COc1ccc(CCN(C(=O)CNC(=O)c2cccs2)C(C(=O)NC(C)(C)C)c2ccccc2)cc1. The fraction of sp³-hybridized carbons (Fsp3) is 0.321. The molecule has 190 valence electrons.